The van der Waals surface area contributed by atoms with Gasteiger partial charge in [0.1, 0.15) is 5.82 Å². The number of halogens is 1. The van der Waals surface area contributed by atoms with E-state index in [1.807, 2.05) is 0 Å². The van der Waals surface area contributed by atoms with Gasteiger partial charge in [-0.05, 0) is 45.2 Å². The van der Waals surface area contributed by atoms with Crippen LogP contribution < -0.4 is 0 Å². The SMILES string of the molecule is CC(C)(C)S(=O)(=O)[C@@H]1CCN(C(=O)CCc2ccccc2F)C1. The zero-order valence-corrected chi connectivity index (χ0v) is 14.7. The second-order valence-corrected chi connectivity index (χ2v) is 9.98. The first-order valence-corrected chi connectivity index (χ1v) is 9.42. The van der Waals surface area contributed by atoms with Gasteiger partial charge in [-0.3, -0.25) is 4.79 Å². The molecule has 1 fully saturated rings. The first-order valence-electron chi connectivity index (χ1n) is 7.87. The largest absolute Gasteiger partial charge is 0.341 e. The monoisotopic (exact) mass is 341 g/mol. The van der Waals surface area contributed by atoms with Crippen molar-refractivity contribution in [3.05, 3.63) is 35.6 Å². The predicted octanol–water partition coefficient (Wildman–Crippen LogP) is 2.57. The van der Waals surface area contributed by atoms with E-state index in [0.717, 1.165) is 0 Å². The van der Waals surface area contributed by atoms with Gasteiger partial charge in [-0.15, -0.1) is 0 Å². The third-order valence-corrected chi connectivity index (χ3v) is 7.33. The molecule has 1 heterocycles. The van der Waals surface area contributed by atoms with E-state index in [1.165, 1.54) is 6.07 Å². The molecule has 23 heavy (non-hydrogen) atoms. The Labute approximate surface area is 137 Å². The molecule has 4 nitrogen and oxygen atoms in total. The fourth-order valence-electron chi connectivity index (χ4n) is 2.81. The molecule has 0 bridgehead atoms. The van der Waals surface area contributed by atoms with Crippen LogP contribution in [0.2, 0.25) is 0 Å². The molecule has 1 aromatic rings. The number of amides is 1. The Bertz CT molecular complexity index is 679. The number of benzene rings is 1. The number of sulfone groups is 1. The van der Waals surface area contributed by atoms with Crippen molar-refractivity contribution in [2.45, 2.75) is 50.0 Å². The molecule has 0 aromatic heterocycles. The van der Waals surface area contributed by atoms with Gasteiger partial charge < -0.3 is 4.90 Å². The normalized spacial score (nSPS) is 19.1. The van der Waals surface area contributed by atoms with E-state index in [4.69, 9.17) is 0 Å². The van der Waals surface area contributed by atoms with Crippen molar-refractivity contribution in [2.24, 2.45) is 0 Å². The lowest BCUT2D eigenvalue weighted by Crippen LogP contribution is -2.39. The van der Waals surface area contributed by atoms with Crippen LogP contribution in [0, 0.1) is 5.82 Å². The number of likely N-dealkylation sites (tertiary alicyclic amines) is 1. The van der Waals surface area contributed by atoms with E-state index in [0.29, 0.717) is 24.9 Å². The van der Waals surface area contributed by atoms with Crippen molar-refractivity contribution < 1.29 is 17.6 Å². The molecule has 1 aromatic carbocycles. The summed E-state index contributed by atoms with van der Waals surface area (Å²) in [5.74, 6) is -0.422. The van der Waals surface area contributed by atoms with Crippen LogP contribution in [0.15, 0.2) is 24.3 Å². The van der Waals surface area contributed by atoms with Crippen molar-refractivity contribution in [1.29, 1.82) is 0 Å². The second kappa shape index (κ2) is 6.59. The minimum atomic E-state index is -3.27. The maximum atomic E-state index is 13.6. The quantitative estimate of drug-likeness (QED) is 0.846. The molecule has 1 atom stereocenters. The Hall–Kier alpha value is -1.43. The molecular formula is C17H24FNO3S. The summed E-state index contributed by atoms with van der Waals surface area (Å²) in [5.41, 5.74) is 0.513. The van der Waals surface area contributed by atoms with Crippen molar-refractivity contribution in [1.82, 2.24) is 4.90 Å². The van der Waals surface area contributed by atoms with Gasteiger partial charge in [0.2, 0.25) is 5.91 Å². The Morgan fingerprint density at radius 1 is 1.30 bits per heavy atom. The van der Waals surface area contributed by atoms with Crippen LogP contribution in [0.3, 0.4) is 0 Å². The van der Waals surface area contributed by atoms with Crippen molar-refractivity contribution in [3.63, 3.8) is 0 Å². The minimum Gasteiger partial charge on any atom is -0.341 e. The van der Waals surface area contributed by atoms with Gasteiger partial charge in [0, 0.05) is 19.5 Å². The van der Waals surface area contributed by atoms with Gasteiger partial charge in [-0.2, -0.15) is 0 Å². The predicted molar refractivity (Wildman–Crippen MR) is 88.4 cm³/mol. The third-order valence-electron chi connectivity index (χ3n) is 4.36. The fourth-order valence-corrected chi connectivity index (χ4v) is 4.60. The Morgan fingerprint density at radius 2 is 1.96 bits per heavy atom. The number of carbonyl (C=O) groups excluding carboxylic acids is 1. The number of nitrogens with zero attached hydrogens (tertiary/aromatic N) is 1. The average Bonchev–Trinajstić information content (AvgIpc) is 2.95. The Balaban J connectivity index is 1.94. The fraction of sp³-hybridized carbons (Fsp3) is 0.588. The zero-order valence-electron chi connectivity index (χ0n) is 13.9. The highest BCUT2D eigenvalue weighted by atomic mass is 32.2. The van der Waals surface area contributed by atoms with Gasteiger partial charge >= 0.3 is 0 Å². The highest BCUT2D eigenvalue weighted by molar-refractivity contribution is 7.93. The number of rotatable bonds is 4. The number of hydrogen-bond donors (Lipinski definition) is 0. The summed E-state index contributed by atoms with van der Waals surface area (Å²) in [5, 5.41) is -0.500. The summed E-state index contributed by atoms with van der Waals surface area (Å²) in [6.07, 6.45) is 1.01. The first kappa shape index (κ1) is 17.9. The topological polar surface area (TPSA) is 54.5 Å². The molecule has 0 N–H and O–H groups in total. The summed E-state index contributed by atoms with van der Waals surface area (Å²) >= 11 is 0. The Kier molecular flexibility index (Phi) is 5.14. The van der Waals surface area contributed by atoms with Gasteiger partial charge in [-0.1, -0.05) is 18.2 Å². The van der Waals surface area contributed by atoms with Crippen LogP contribution in [0.4, 0.5) is 4.39 Å². The summed E-state index contributed by atoms with van der Waals surface area (Å²) in [6, 6.07) is 6.40. The lowest BCUT2D eigenvalue weighted by molar-refractivity contribution is -0.130. The second-order valence-electron chi connectivity index (χ2n) is 7.00. The van der Waals surface area contributed by atoms with E-state index < -0.39 is 19.8 Å². The van der Waals surface area contributed by atoms with Crippen molar-refractivity contribution in [3.8, 4) is 0 Å². The summed E-state index contributed by atoms with van der Waals surface area (Å²) in [4.78, 5) is 13.9. The van der Waals surface area contributed by atoms with Crippen LogP contribution in [-0.2, 0) is 21.1 Å². The lowest BCUT2D eigenvalue weighted by atomic mass is 10.1. The van der Waals surface area contributed by atoms with Crippen LogP contribution in [0.25, 0.3) is 0 Å². The van der Waals surface area contributed by atoms with E-state index in [9.17, 15) is 17.6 Å². The molecule has 0 spiro atoms. The van der Waals surface area contributed by atoms with E-state index in [-0.39, 0.29) is 24.7 Å². The molecule has 1 amide bonds. The third kappa shape index (κ3) is 3.91. The standard InChI is InChI=1S/C17H24FNO3S/c1-17(2,3)23(21,22)14-10-11-19(12-14)16(20)9-8-13-6-4-5-7-15(13)18/h4-7,14H,8-12H2,1-3H3/t14-/m1/s1. The van der Waals surface area contributed by atoms with Crippen molar-refractivity contribution in [2.75, 3.05) is 13.1 Å². The molecule has 0 unspecified atom stereocenters. The minimum absolute atomic E-state index is 0.111. The van der Waals surface area contributed by atoms with Crippen molar-refractivity contribution >= 4 is 15.7 Å². The average molecular weight is 341 g/mol. The number of carbonyl (C=O) groups is 1. The first-order chi connectivity index (χ1) is 10.6. The van der Waals surface area contributed by atoms with Gasteiger partial charge in [0.25, 0.3) is 0 Å². The maximum Gasteiger partial charge on any atom is 0.222 e. The maximum absolute atomic E-state index is 13.6. The van der Waals surface area contributed by atoms with Crippen LogP contribution in [0.1, 0.15) is 39.2 Å². The van der Waals surface area contributed by atoms with Gasteiger partial charge in [0.15, 0.2) is 9.84 Å². The summed E-state index contributed by atoms with van der Waals surface area (Å²) in [6.45, 7) is 5.76. The highest BCUT2D eigenvalue weighted by Crippen LogP contribution is 2.27. The van der Waals surface area contributed by atoms with E-state index in [2.05, 4.69) is 0 Å². The number of hydrogen-bond acceptors (Lipinski definition) is 3. The molecule has 0 saturated carbocycles. The molecule has 2 rings (SSSR count). The van der Waals surface area contributed by atoms with E-state index >= 15 is 0 Å². The van der Waals surface area contributed by atoms with E-state index in [1.54, 1.807) is 43.9 Å². The molecule has 1 aliphatic heterocycles. The molecule has 128 valence electrons. The molecule has 6 heteroatoms. The summed E-state index contributed by atoms with van der Waals surface area (Å²) < 4.78 is 37.7. The zero-order chi connectivity index (χ0) is 17.3. The van der Waals surface area contributed by atoms with Crippen LogP contribution in [-0.4, -0.2) is 42.3 Å². The van der Waals surface area contributed by atoms with Gasteiger partial charge in [0.05, 0.1) is 10.00 Å². The molecule has 1 aliphatic rings. The number of aryl methyl sites for hydroxylation is 1. The van der Waals surface area contributed by atoms with Crippen LogP contribution >= 0.6 is 0 Å². The summed E-state index contributed by atoms with van der Waals surface area (Å²) in [7, 11) is -3.27. The smallest absolute Gasteiger partial charge is 0.222 e. The van der Waals surface area contributed by atoms with Gasteiger partial charge in [-0.25, -0.2) is 12.8 Å². The molecule has 0 aliphatic carbocycles. The van der Waals surface area contributed by atoms with Crippen LogP contribution in [0.5, 0.6) is 0 Å². The highest BCUT2D eigenvalue weighted by Gasteiger charge is 2.41. The lowest BCUT2D eigenvalue weighted by Gasteiger charge is -2.24. The molecule has 0 radical (unpaired) electrons. The molecular weight excluding hydrogens is 317 g/mol. The Morgan fingerprint density at radius 3 is 2.57 bits per heavy atom. The molecule has 1 saturated heterocycles.